The normalized spacial score (nSPS) is 22.2. The predicted molar refractivity (Wildman–Crippen MR) is 103 cm³/mol. The first-order valence-electron chi connectivity index (χ1n) is 8.24. The molecule has 10 heteroatoms. The van der Waals surface area contributed by atoms with Gasteiger partial charge in [-0.3, -0.25) is 14.5 Å². The van der Waals surface area contributed by atoms with E-state index < -0.39 is 35.2 Å². The molecule has 0 aromatic heterocycles. The summed E-state index contributed by atoms with van der Waals surface area (Å²) in [7, 11) is 0. The zero-order valence-corrected chi connectivity index (χ0v) is 15.8. The Morgan fingerprint density at radius 3 is 2.57 bits per heavy atom. The Kier molecular flexibility index (Phi) is 6.49. The van der Waals surface area contributed by atoms with Crippen LogP contribution in [0.4, 0.5) is 0 Å². The highest BCUT2D eigenvalue weighted by atomic mass is 32.2. The van der Waals surface area contributed by atoms with Crippen LogP contribution in [0.1, 0.15) is 18.5 Å². The molecule has 0 aliphatic carbocycles. The van der Waals surface area contributed by atoms with E-state index in [1.807, 2.05) is 0 Å². The SMILES string of the molecule is C/C=C/C1=C(C(=O)O)N2C(=O)[C@@H](NC(=O)C(N)c3ccc(O)cc3)[C@H]2SC1.O. The molecule has 3 rings (SSSR count). The van der Waals surface area contributed by atoms with Gasteiger partial charge in [-0.15, -0.1) is 11.8 Å². The van der Waals surface area contributed by atoms with Crippen LogP contribution in [0.25, 0.3) is 0 Å². The maximum absolute atomic E-state index is 12.5. The predicted octanol–water partition coefficient (Wildman–Crippen LogP) is -0.118. The van der Waals surface area contributed by atoms with Gasteiger partial charge in [0.15, 0.2) is 0 Å². The summed E-state index contributed by atoms with van der Waals surface area (Å²) in [6, 6.07) is 4.06. The van der Waals surface area contributed by atoms with Crippen LogP contribution >= 0.6 is 11.8 Å². The topological polar surface area (TPSA) is 164 Å². The molecule has 2 aliphatic heterocycles. The summed E-state index contributed by atoms with van der Waals surface area (Å²) in [6.45, 7) is 1.77. The number of thioether (sulfide) groups is 1. The van der Waals surface area contributed by atoms with Crippen LogP contribution in [0, 0.1) is 0 Å². The minimum atomic E-state index is -1.17. The molecule has 2 heterocycles. The van der Waals surface area contributed by atoms with E-state index in [0.29, 0.717) is 16.9 Å². The average Bonchev–Trinajstić information content (AvgIpc) is 2.65. The number of nitrogens with zero attached hydrogens (tertiary/aromatic N) is 1. The number of carbonyl (C=O) groups is 3. The van der Waals surface area contributed by atoms with E-state index in [-0.39, 0.29) is 16.9 Å². The molecule has 0 bridgehead atoms. The van der Waals surface area contributed by atoms with Crippen molar-refractivity contribution in [2.75, 3.05) is 5.75 Å². The monoisotopic (exact) mass is 407 g/mol. The minimum Gasteiger partial charge on any atom is -0.508 e. The molecule has 0 radical (unpaired) electrons. The molecule has 150 valence electrons. The lowest BCUT2D eigenvalue weighted by Gasteiger charge is -2.49. The molecule has 28 heavy (non-hydrogen) atoms. The molecule has 1 aromatic rings. The number of hydrogen-bond donors (Lipinski definition) is 4. The van der Waals surface area contributed by atoms with Gasteiger partial charge in [0.25, 0.3) is 5.91 Å². The summed E-state index contributed by atoms with van der Waals surface area (Å²) in [5.74, 6) is -1.71. The van der Waals surface area contributed by atoms with Crippen molar-refractivity contribution in [1.82, 2.24) is 10.2 Å². The Hall–Kier alpha value is -2.82. The lowest BCUT2D eigenvalue weighted by molar-refractivity contribution is -0.150. The third-order valence-corrected chi connectivity index (χ3v) is 5.70. The summed E-state index contributed by atoms with van der Waals surface area (Å²) in [5, 5.41) is 20.9. The van der Waals surface area contributed by atoms with Gasteiger partial charge in [0.1, 0.15) is 28.9 Å². The number of amides is 2. The number of aromatic hydroxyl groups is 1. The number of nitrogens with two attached hydrogens (primary N) is 1. The molecule has 1 aromatic carbocycles. The molecule has 3 atom stereocenters. The summed E-state index contributed by atoms with van der Waals surface area (Å²) in [6.07, 6.45) is 3.39. The van der Waals surface area contributed by atoms with Gasteiger partial charge in [-0.1, -0.05) is 24.3 Å². The molecule has 9 nitrogen and oxygen atoms in total. The number of phenolic OH excluding ortho intramolecular Hbond substituents is 1. The maximum Gasteiger partial charge on any atom is 0.352 e. The zero-order valence-electron chi connectivity index (χ0n) is 15.0. The maximum atomic E-state index is 12.5. The van der Waals surface area contributed by atoms with E-state index in [1.165, 1.54) is 40.9 Å². The van der Waals surface area contributed by atoms with Crippen LogP contribution in [0.5, 0.6) is 5.75 Å². The first-order valence-corrected chi connectivity index (χ1v) is 9.28. The highest BCUT2D eigenvalue weighted by Gasteiger charge is 2.54. The number of aliphatic carboxylic acids is 1. The minimum absolute atomic E-state index is 0. The Morgan fingerprint density at radius 1 is 1.36 bits per heavy atom. The van der Waals surface area contributed by atoms with E-state index in [0.717, 1.165) is 0 Å². The van der Waals surface area contributed by atoms with Crippen LogP contribution in [-0.2, 0) is 14.4 Å². The van der Waals surface area contributed by atoms with Crippen molar-refractivity contribution in [1.29, 1.82) is 0 Å². The van der Waals surface area contributed by atoms with Gasteiger partial charge in [-0.2, -0.15) is 0 Å². The molecule has 1 fully saturated rings. The second-order valence-corrected chi connectivity index (χ2v) is 7.25. The number of carbonyl (C=O) groups excluding carboxylic acids is 2. The van der Waals surface area contributed by atoms with E-state index >= 15 is 0 Å². The zero-order chi connectivity index (χ0) is 19.7. The first kappa shape index (κ1) is 21.5. The molecule has 7 N–H and O–H groups in total. The van der Waals surface area contributed by atoms with Crippen molar-refractivity contribution in [3.8, 4) is 5.75 Å². The Labute approximate surface area is 165 Å². The van der Waals surface area contributed by atoms with Crippen molar-refractivity contribution in [2.24, 2.45) is 5.73 Å². The molecule has 0 saturated carbocycles. The van der Waals surface area contributed by atoms with Gasteiger partial charge in [0, 0.05) is 5.75 Å². The van der Waals surface area contributed by atoms with Crippen molar-refractivity contribution >= 4 is 29.5 Å². The summed E-state index contributed by atoms with van der Waals surface area (Å²) in [4.78, 5) is 37.7. The number of hydrogen-bond acceptors (Lipinski definition) is 6. The fourth-order valence-electron chi connectivity index (χ4n) is 3.05. The van der Waals surface area contributed by atoms with Crippen LogP contribution < -0.4 is 11.1 Å². The second-order valence-electron chi connectivity index (χ2n) is 6.14. The summed E-state index contributed by atoms with van der Waals surface area (Å²) < 4.78 is 0. The fraction of sp³-hybridized carbons (Fsp3) is 0.278. The van der Waals surface area contributed by atoms with Gasteiger partial charge in [0.2, 0.25) is 5.91 Å². The van der Waals surface area contributed by atoms with Crippen molar-refractivity contribution < 1.29 is 30.1 Å². The lowest BCUT2D eigenvalue weighted by atomic mass is 10.0. The van der Waals surface area contributed by atoms with Crippen LogP contribution in [0.15, 0.2) is 47.7 Å². The number of allylic oxidation sites excluding steroid dienone is 2. The highest BCUT2D eigenvalue weighted by Crippen LogP contribution is 2.40. The van der Waals surface area contributed by atoms with Crippen molar-refractivity contribution in [2.45, 2.75) is 24.4 Å². The number of nitrogens with one attached hydrogen (secondary N) is 1. The van der Waals surface area contributed by atoms with Crippen LogP contribution in [0.2, 0.25) is 0 Å². The number of benzene rings is 1. The molecule has 2 amide bonds. The second kappa shape index (κ2) is 8.46. The molecular formula is C18H21N3O6S. The first-order chi connectivity index (χ1) is 12.8. The van der Waals surface area contributed by atoms with E-state index in [9.17, 15) is 24.6 Å². The largest absolute Gasteiger partial charge is 0.508 e. The van der Waals surface area contributed by atoms with Crippen molar-refractivity contribution in [3.63, 3.8) is 0 Å². The quantitative estimate of drug-likeness (QED) is 0.494. The van der Waals surface area contributed by atoms with Crippen LogP contribution in [-0.4, -0.2) is 55.5 Å². The number of phenols is 1. The van der Waals surface area contributed by atoms with Crippen LogP contribution in [0.3, 0.4) is 0 Å². The van der Waals surface area contributed by atoms with E-state index in [2.05, 4.69) is 5.32 Å². The van der Waals surface area contributed by atoms with Gasteiger partial charge in [-0.25, -0.2) is 4.79 Å². The average molecular weight is 407 g/mol. The lowest BCUT2D eigenvalue weighted by Crippen LogP contribution is -2.71. The molecule has 0 spiro atoms. The Morgan fingerprint density at radius 2 is 2.00 bits per heavy atom. The Bertz CT molecular complexity index is 851. The number of rotatable bonds is 5. The van der Waals surface area contributed by atoms with Gasteiger partial charge in [-0.05, 0) is 30.2 Å². The molecule has 1 unspecified atom stereocenters. The Balaban J connectivity index is 0.00000280. The van der Waals surface area contributed by atoms with E-state index in [4.69, 9.17) is 5.73 Å². The smallest absolute Gasteiger partial charge is 0.352 e. The third kappa shape index (κ3) is 3.75. The molecule has 1 saturated heterocycles. The highest BCUT2D eigenvalue weighted by molar-refractivity contribution is 8.00. The third-order valence-electron chi connectivity index (χ3n) is 4.40. The van der Waals surface area contributed by atoms with Gasteiger partial charge >= 0.3 is 5.97 Å². The standard InChI is InChI=1S/C18H19N3O5S.H2O/c1-2-3-10-8-27-17-13(16(24)21(17)14(10)18(25)26)20-15(23)12(19)9-4-6-11(22)7-5-9;/h2-7,12-13,17,22H,8,19H2,1H3,(H,20,23)(H,25,26);1H2/b3-2+;/t12?,13-,17-;/m1./s1. The fourth-order valence-corrected chi connectivity index (χ4v) is 4.37. The van der Waals surface area contributed by atoms with Gasteiger partial charge in [0.05, 0.1) is 0 Å². The number of β-lactam (4-membered cyclic amide) rings is 1. The summed E-state index contributed by atoms with van der Waals surface area (Å²) in [5.41, 5.74) is 6.93. The molecule has 2 aliphatic rings. The number of carboxylic acid groups (broad SMARTS) is 1. The summed E-state index contributed by atoms with van der Waals surface area (Å²) >= 11 is 1.39. The number of carboxylic acids is 1. The van der Waals surface area contributed by atoms with Crippen molar-refractivity contribution in [3.05, 3.63) is 53.3 Å². The molecular weight excluding hydrogens is 386 g/mol. The van der Waals surface area contributed by atoms with Gasteiger partial charge < -0.3 is 26.7 Å². The van der Waals surface area contributed by atoms with E-state index in [1.54, 1.807) is 19.1 Å². The number of fused-ring (bicyclic) bond motifs is 1.